The molecule has 0 bridgehead atoms. The number of amides is 2. The number of nitrogens with zero attached hydrogens (tertiary/aromatic N) is 1. The summed E-state index contributed by atoms with van der Waals surface area (Å²) in [4.78, 5) is 27.5. The highest BCUT2D eigenvalue weighted by molar-refractivity contribution is 5.90. The summed E-state index contributed by atoms with van der Waals surface area (Å²) < 4.78 is 42.3. The Morgan fingerprint density at radius 2 is 1.91 bits per heavy atom. The minimum absolute atomic E-state index is 0.0955. The second kappa shape index (κ2) is 11.4. The molecule has 0 spiro atoms. The van der Waals surface area contributed by atoms with Crippen LogP contribution in [0.5, 0.6) is 0 Å². The molecule has 1 unspecified atom stereocenters. The number of ether oxygens (including phenoxy) is 5. The average Bonchev–Trinajstić information content (AvgIpc) is 3.26. The second-order valence-corrected chi connectivity index (χ2v) is 8.83. The third kappa shape index (κ3) is 6.24. The molecule has 2 saturated heterocycles. The van der Waals surface area contributed by atoms with Crippen LogP contribution in [0, 0.1) is 5.82 Å². The van der Waals surface area contributed by atoms with Gasteiger partial charge >= 0.3 is 12.0 Å². The maximum Gasteiger partial charge on any atom is 0.322 e. The summed E-state index contributed by atoms with van der Waals surface area (Å²) in [5.41, 5.74) is 0.434. The maximum atomic E-state index is 13.4. The van der Waals surface area contributed by atoms with Gasteiger partial charge in [-0.25, -0.2) is 9.18 Å². The van der Waals surface area contributed by atoms with E-state index in [4.69, 9.17) is 23.7 Å². The Morgan fingerprint density at radius 1 is 1.21 bits per heavy atom. The number of halogens is 1. The monoisotopic (exact) mass is 482 g/mol. The van der Waals surface area contributed by atoms with Crippen molar-refractivity contribution >= 4 is 17.7 Å². The van der Waals surface area contributed by atoms with E-state index in [0.717, 1.165) is 6.42 Å². The lowest BCUT2D eigenvalue weighted by molar-refractivity contribution is -0.223. The molecule has 2 amide bonds. The summed E-state index contributed by atoms with van der Waals surface area (Å²) in [7, 11) is 1.54. The highest BCUT2D eigenvalue weighted by Crippen LogP contribution is 2.40. The zero-order chi connectivity index (χ0) is 24.9. The summed E-state index contributed by atoms with van der Waals surface area (Å²) in [5, 5.41) is 2.79. The molecule has 2 heterocycles. The van der Waals surface area contributed by atoms with Crippen molar-refractivity contribution in [2.24, 2.45) is 0 Å². The van der Waals surface area contributed by atoms with Crippen LogP contribution in [0.15, 0.2) is 24.3 Å². The second-order valence-electron chi connectivity index (χ2n) is 8.83. The van der Waals surface area contributed by atoms with E-state index in [1.165, 1.54) is 31.4 Å². The van der Waals surface area contributed by atoms with Crippen molar-refractivity contribution in [1.82, 2.24) is 4.90 Å². The molecule has 0 radical (unpaired) electrons. The summed E-state index contributed by atoms with van der Waals surface area (Å²) >= 11 is 0. The van der Waals surface area contributed by atoms with Gasteiger partial charge in [0, 0.05) is 19.3 Å². The number of hydrogen-bond donors (Lipinski definition) is 1. The van der Waals surface area contributed by atoms with Crippen molar-refractivity contribution < 1.29 is 37.7 Å². The Morgan fingerprint density at radius 3 is 2.53 bits per heavy atom. The van der Waals surface area contributed by atoms with E-state index in [-0.39, 0.29) is 13.0 Å². The fourth-order valence-electron chi connectivity index (χ4n) is 4.35. The number of fused-ring (bicyclic) bond motifs is 1. The molecule has 2 aliphatic heterocycles. The Labute approximate surface area is 199 Å². The lowest BCUT2D eigenvalue weighted by Crippen LogP contribution is -2.54. The minimum Gasteiger partial charge on any atom is -0.466 e. The Balaban J connectivity index is 1.89. The lowest BCUT2D eigenvalue weighted by atomic mass is 9.98. The Kier molecular flexibility index (Phi) is 8.86. The van der Waals surface area contributed by atoms with Crippen LogP contribution in [-0.2, 0) is 28.5 Å². The van der Waals surface area contributed by atoms with E-state index in [1.54, 1.807) is 25.7 Å². The van der Waals surface area contributed by atoms with Gasteiger partial charge in [-0.15, -0.1) is 0 Å². The first-order valence-corrected chi connectivity index (χ1v) is 11.7. The molecule has 0 saturated carbocycles. The van der Waals surface area contributed by atoms with Crippen molar-refractivity contribution in [3.05, 3.63) is 30.1 Å². The van der Waals surface area contributed by atoms with Gasteiger partial charge in [0.1, 0.15) is 24.1 Å². The largest absolute Gasteiger partial charge is 0.466 e. The van der Waals surface area contributed by atoms with Crippen LogP contribution in [0.4, 0.5) is 14.9 Å². The molecule has 10 heteroatoms. The molecule has 9 nitrogen and oxygen atoms in total. The molecular weight excluding hydrogens is 447 g/mol. The first-order valence-electron chi connectivity index (χ1n) is 11.7. The number of urea groups is 1. The summed E-state index contributed by atoms with van der Waals surface area (Å²) in [6, 6.07) is 4.33. The topological polar surface area (TPSA) is 95.6 Å². The van der Waals surface area contributed by atoms with Crippen molar-refractivity contribution in [3.63, 3.8) is 0 Å². The fourth-order valence-corrected chi connectivity index (χ4v) is 4.35. The summed E-state index contributed by atoms with van der Waals surface area (Å²) in [6.07, 6.45) is -1.04. The number of carbonyl (C=O) groups is 2. The van der Waals surface area contributed by atoms with E-state index in [9.17, 15) is 14.0 Å². The van der Waals surface area contributed by atoms with E-state index in [1.807, 2.05) is 6.92 Å². The number of nitrogens with one attached hydrogen (secondary N) is 1. The van der Waals surface area contributed by atoms with E-state index in [0.29, 0.717) is 18.7 Å². The van der Waals surface area contributed by atoms with Crippen molar-refractivity contribution in [3.8, 4) is 0 Å². The molecule has 190 valence electrons. The van der Waals surface area contributed by atoms with Gasteiger partial charge in [-0.1, -0.05) is 13.3 Å². The van der Waals surface area contributed by atoms with Crippen LogP contribution in [0.1, 0.15) is 47.0 Å². The normalized spacial score (nSPS) is 26.1. The molecule has 34 heavy (non-hydrogen) atoms. The molecular formula is C24H35FN2O7. The standard InChI is InChI=1S/C24H35FN2O7/c1-6-8-13-27(23(29)26-16-11-9-15(25)10-12-16)17(14-18(28)31-7-2)19-20(30-5)21-22(32-19)34-24(3,4)33-21/h9-12,17,19-22H,6-8,13-14H2,1-5H3,(H,26,29)/t17-,19?,20-,21+,22+/m0/s1. The van der Waals surface area contributed by atoms with Gasteiger partial charge < -0.3 is 33.9 Å². The molecule has 2 aliphatic rings. The van der Waals surface area contributed by atoms with Crippen LogP contribution in [0.3, 0.4) is 0 Å². The minimum atomic E-state index is -0.838. The fraction of sp³-hybridized carbons (Fsp3) is 0.667. The summed E-state index contributed by atoms with van der Waals surface area (Å²) in [6.45, 7) is 7.89. The molecule has 0 aromatic heterocycles. The maximum absolute atomic E-state index is 13.4. The molecule has 1 aromatic rings. The lowest BCUT2D eigenvalue weighted by Gasteiger charge is -2.37. The molecule has 5 atom stereocenters. The van der Waals surface area contributed by atoms with Gasteiger partial charge in [-0.05, 0) is 51.5 Å². The first-order chi connectivity index (χ1) is 16.2. The van der Waals surface area contributed by atoms with Crippen molar-refractivity contribution in [2.75, 3.05) is 25.6 Å². The van der Waals surface area contributed by atoms with Crippen molar-refractivity contribution in [1.29, 1.82) is 0 Å². The SMILES string of the molecule is CCCCN(C(=O)Nc1ccc(F)cc1)[C@@H](CC(=O)OCC)C1O[C@@H]2OC(C)(C)O[C@@H]2[C@H]1OC. The Bertz CT molecular complexity index is 835. The van der Waals surface area contributed by atoms with Crippen LogP contribution < -0.4 is 5.32 Å². The van der Waals surface area contributed by atoms with Gasteiger partial charge in [0.15, 0.2) is 12.1 Å². The number of methoxy groups -OCH3 is 1. The van der Waals surface area contributed by atoms with Gasteiger partial charge in [0.2, 0.25) is 0 Å². The number of benzene rings is 1. The quantitative estimate of drug-likeness (QED) is 0.509. The number of hydrogen-bond acceptors (Lipinski definition) is 7. The zero-order valence-electron chi connectivity index (χ0n) is 20.4. The third-order valence-electron chi connectivity index (χ3n) is 5.87. The molecule has 1 aromatic carbocycles. The van der Waals surface area contributed by atoms with Crippen LogP contribution in [0.25, 0.3) is 0 Å². The highest BCUT2D eigenvalue weighted by Gasteiger charge is 2.58. The van der Waals surface area contributed by atoms with Gasteiger partial charge in [0.05, 0.1) is 19.1 Å². The molecule has 1 N–H and O–H groups in total. The zero-order valence-corrected chi connectivity index (χ0v) is 20.4. The van der Waals surface area contributed by atoms with Crippen LogP contribution in [-0.4, -0.2) is 73.6 Å². The van der Waals surface area contributed by atoms with Crippen LogP contribution in [0.2, 0.25) is 0 Å². The van der Waals surface area contributed by atoms with E-state index < -0.39 is 54.2 Å². The smallest absolute Gasteiger partial charge is 0.322 e. The van der Waals surface area contributed by atoms with Gasteiger partial charge in [-0.2, -0.15) is 0 Å². The molecule has 3 rings (SSSR count). The van der Waals surface area contributed by atoms with E-state index in [2.05, 4.69) is 5.32 Å². The first kappa shape index (κ1) is 26.3. The third-order valence-corrected chi connectivity index (χ3v) is 5.87. The van der Waals surface area contributed by atoms with Crippen molar-refractivity contribution in [2.45, 2.75) is 83.4 Å². The number of esters is 1. The molecule has 2 fully saturated rings. The predicted octanol–water partition coefficient (Wildman–Crippen LogP) is 3.67. The van der Waals surface area contributed by atoms with Crippen LogP contribution >= 0.6 is 0 Å². The number of unbranched alkanes of at least 4 members (excludes halogenated alkanes) is 1. The highest BCUT2D eigenvalue weighted by atomic mass is 19.1. The summed E-state index contributed by atoms with van der Waals surface area (Å²) in [5.74, 6) is -1.70. The molecule has 0 aliphatic carbocycles. The number of rotatable bonds is 10. The van der Waals surface area contributed by atoms with E-state index >= 15 is 0 Å². The Hall–Kier alpha value is -2.27. The van der Waals surface area contributed by atoms with Gasteiger partial charge in [0.25, 0.3) is 0 Å². The number of anilines is 1. The average molecular weight is 483 g/mol. The number of carbonyl (C=O) groups excluding carboxylic acids is 2. The predicted molar refractivity (Wildman–Crippen MR) is 122 cm³/mol. The van der Waals surface area contributed by atoms with Gasteiger partial charge in [-0.3, -0.25) is 4.79 Å².